The van der Waals surface area contributed by atoms with Crippen LogP contribution in [0.25, 0.3) is 21.7 Å². The highest BCUT2D eigenvalue weighted by Crippen LogP contribution is 2.37. The second-order valence-corrected chi connectivity index (χ2v) is 10.4. The third kappa shape index (κ3) is 3.52. The highest BCUT2D eigenvalue weighted by molar-refractivity contribution is 7.99. The van der Waals surface area contributed by atoms with Gasteiger partial charge in [0.05, 0.1) is 16.8 Å². The lowest BCUT2D eigenvalue weighted by Gasteiger charge is -2.10. The number of carbonyl (C=O) groups is 1. The van der Waals surface area contributed by atoms with Crippen molar-refractivity contribution in [3.8, 4) is 5.69 Å². The number of nitrogens with zero attached hydrogens (tertiary/aromatic N) is 4. The molecular formula is C25H21N5O2S2. The van der Waals surface area contributed by atoms with Crippen molar-refractivity contribution in [2.75, 3.05) is 11.1 Å². The van der Waals surface area contributed by atoms with Gasteiger partial charge in [0.25, 0.3) is 5.56 Å². The summed E-state index contributed by atoms with van der Waals surface area (Å²) in [5.41, 5.74) is 3.74. The van der Waals surface area contributed by atoms with Crippen molar-refractivity contribution in [2.24, 2.45) is 0 Å². The number of amides is 1. The summed E-state index contributed by atoms with van der Waals surface area (Å²) in [7, 11) is 0. The molecule has 0 unspecified atom stereocenters. The van der Waals surface area contributed by atoms with Crippen LogP contribution in [0.15, 0.2) is 64.5 Å². The van der Waals surface area contributed by atoms with Crippen molar-refractivity contribution in [1.29, 1.82) is 0 Å². The number of hydrogen-bond acceptors (Lipinski definition) is 6. The molecule has 1 N–H and O–H groups in total. The zero-order chi connectivity index (χ0) is 23.2. The van der Waals surface area contributed by atoms with E-state index in [-0.39, 0.29) is 17.2 Å². The molecule has 0 fully saturated rings. The topological polar surface area (TPSA) is 81.3 Å². The minimum atomic E-state index is -0.119. The molecule has 2 aromatic carbocycles. The van der Waals surface area contributed by atoms with Crippen molar-refractivity contribution in [3.05, 3.63) is 81.0 Å². The maximum absolute atomic E-state index is 13.7. The van der Waals surface area contributed by atoms with Gasteiger partial charge in [-0.05, 0) is 56.0 Å². The third-order valence-corrected chi connectivity index (χ3v) is 8.23. The molecule has 0 spiro atoms. The summed E-state index contributed by atoms with van der Waals surface area (Å²) < 4.78 is 3.58. The number of aryl methyl sites for hydroxylation is 3. The van der Waals surface area contributed by atoms with Crippen LogP contribution < -0.4 is 10.9 Å². The van der Waals surface area contributed by atoms with E-state index in [1.54, 1.807) is 15.9 Å². The molecule has 5 aromatic rings. The van der Waals surface area contributed by atoms with Gasteiger partial charge in [-0.25, -0.2) is 8.97 Å². The highest BCUT2D eigenvalue weighted by atomic mass is 32.2. The lowest BCUT2D eigenvalue weighted by Crippen LogP contribution is -2.22. The van der Waals surface area contributed by atoms with Gasteiger partial charge in [-0.15, -0.1) is 21.5 Å². The molecule has 7 nitrogen and oxygen atoms in total. The van der Waals surface area contributed by atoms with Crippen LogP contribution in [0.4, 0.5) is 5.69 Å². The number of hydrogen-bond donors (Lipinski definition) is 1. The molecule has 0 aliphatic heterocycles. The van der Waals surface area contributed by atoms with E-state index in [9.17, 15) is 9.59 Å². The molecule has 0 saturated heterocycles. The van der Waals surface area contributed by atoms with E-state index in [1.165, 1.54) is 16.6 Å². The Balaban J connectivity index is 1.43. The van der Waals surface area contributed by atoms with Gasteiger partial charge in [0.15, 0.2) is 5.16 Å². The molecule has 3 heterocycles. The number of para-hydroxylation sites is 1. The first-order valence-electron chi connectivity index (χ1n) is 11.1. The fraction of sp³-hybridized carbons (Fsp3) is 0.200. The van der Waals surface area contributed by atoms with Gasteiger partial charge in [-0.3, -0.25) is 9.59 Å². The highest BCUT2D eigenvalue weighted by Gasteiger charge is 2.26. The average molecular weight is 488 g/mol. The first kappa shape index (κ1) is 21.1. The lowest BCUT2D eigenvalue weighted by molar-refractivity contribution is -0.113. The number of fused-ring (bicyclic) bond motifs is 5. The Morgan fingerprint density at radius 3 is 2.68 bits per heavy atom. The van der Waals surface area contributed by atoms with Crippen LogP contribution >= 0.6 is 23.1 Å². The minimum Gasteiger partial charge on any atom is -0.325 e. The average Bonchev–Trinajstić information content (AvgIpc) is 3.54. The second kappa shape index (κ2) is 8.41. The Labute approximate surface area is 203 Å². The van der Waals surface area contributed by atoms with E-state index in [2.05, 4.69) is 15.5 Å². The maximum atomic E-state index is 13.7. The molecule has 170 valence electrons. The van der Waals surface area contributed by atoms with E-state index in [1.807, 2.05) is 65.9 Å². The Morgan fingerprint density at radius 2 is 1.88 bits per heavy atom. The summed E-state index contributed by atoms with van der Waals surface area (Å²) in [6, 6.07) is 17.2. The number of aromatic nitrogens is 4. The van der Waals surface area contributed by atoms with Gasteiger partial charge in [0, 0.05) is 10.6 Å². The molecule has 0 atom stereocenters. The van der Waals surface area contributed by atoms with E-state index >= 15 is 0 Å². The van der Waals surface area contributed by atoms with Crippen molar-refractivity contribution in [3.63, 3.8) is 0 Å². The monoisotopic (exact) mass is 487 g/mol. The van der Waals surface area contributed by atoms with Gasteiger partial charge >= 0.3 is 0 Å². The van der Waals surface area contributed by atoms with Crippen molar-refractivity contribution in [2.45, 2.75) is 31.3 Å². The first-order chi connectivity index (χ1) is 16.6. The number of benzene rings is 2. The van der Waals surface area contributed by atoms with Crippen LogP contribution in [0.2, 0.25) is 0 Å². The largest absolute Gasteiger partial charge is 0.325 e. The van der Waals surface area contributed by atoms with Crippen molar-refractivity contribution in [1.82, 2.24) is 19.2 Å². The molecule has 9 heteroatoms. The first-order valence-corrected chi connectivity index (χ1v) is 12.9. The van der Waals surface area contributed by atoms with Crippen LogP contribution in [-0.4, -0.2) is 30.8 Å². The normalized spacial score (nSPS) is 13.0. The fourth-order valence-corrected chi connectivity index (χ4v) is 6.59. The predicted octanol–water partition coefficient (Wildman–Crippen LogP) is 4.62. The second-order valence-electron chi connectivity index (χ2n) is 8.33. The summed E-state index contributed by atoms with van der Waals surface area (Å²) in [5.74, 6) is 0.531. The van der Waals surface area contributed by atoms with Gasteiger partial charge < -0.3 is 5.32 Å². The molecule has 0 radical (unpaired) electrons. The maximum Gasteiger partial charge on any atom is 0.268 e. The Kier molecular flexibility index (Phi) is 5.23. The van der Waals surface area contributed by atoms with Gasteiger partial charge in [0.2, 0.25) is 11.7 Å². The smallest absolute Gasteiger partial charge is 0.268 e. The zero-order valence-electron chi connectivity index (χ0n) is 18.4. The molecule has 6 rings (SSSR count). The molecule has 34 heavy (non-hydrogen) atoms. The molecule has 3 aromatic heterocycles. The molecule has 1 amide bonds. The minimum absolute atomic E-state index is 0.0610. The summed E-state index contributed by atoms with van der Waals surface area (Å²) in [4.78, 5) is 28.4. The number of nitrogens with one attached hydrogen (secondary N) is 1. The molecule has 1 aliphatic rings. The number of thiophene rings is 1. The molecule has 0 bridgehead atoms. The summed E-state index contributed by atoms with van der Waals surface area (Å²) in [5, 5.41) is 13.1. The molecule has 1 aliphatic carbocycles. The van der Waals surface area contributed by atoms with Crippen LogP contribution in [-0.2, 0) is 17.6 Å². The van der Waals surface area contributed by atoms with Crippen LogP contribution in [0, 0.1) is 6.92 Å². The van der Waals surface area contributed by atoms with E-state index < -0.39 is 0 Å². The summed E-state index contributed by atoms with van der Waals surface area (Å²) in [6.07, 6.45) is 2.97. The quantitative estimate of drug-likeness (QED) is 0.366. The van der Waals surface area contributed by atoms with Crippen LogP contribution in [0.5, 0.6) is 0 Å². The summed E-state index contributed by atoms with van der Waals surface area (Å²) >= 11 is 2.97. The SMILES string of the molecule is Cc1ccc(NC(=O)CSc2nnc3n(-c4ccccc4)c(=O)c4c5c(sc4n23)CCC5)cc1. The summed E-state index contributed by atoms with van der Waals surface area (Å²) in [6.45, 7) is 2.01. The molecular weight excluding hydrogens is 466 g/mol. The van der Waals surface area contributed by atoms with Gasteiger partial charge in [0.1, 0.15) is 4.83 Å². The van der Waals surface area contributed by atoms with Gasteiger partial charge in [-0.2, -0.15) is 0 Å². The lowest BCUT2D eigenvalue weighted by atomic mass is 10.2. The van der Waals surface area contributed by atoms with E-state index in [4.69, 9.17) is 0 Å². The number of rotatable bonds is 5. The Hall–Kier alpha value is -3.43. The van der Waals surface area contributed by atoms with Crippen LogP contribution in [0.1, 0.15) is 22.4 Å². The number of thioether (sulfide) groups is 1. The number of carbonyl (C=O) groups excluding carboxylic acids is 1. The van der Waals surface area contributed by atoms with Crippen molar-refractivity contribution >= 4 is 50.7 Å². The molecule has 0 saturated carbocycles. The predicted molar refractivity (Wildman–Crippen MR) is 137 cm³/mol. The van der Waals surface area contributed by atoms with E-state index in [0.29, 0.717) is 10.9 Å². The van der Waals surface area contributed by atoms with Crippen molar-refractivity contribution < 1.29 is 4.79 Å². The van der Waals surface area contributed by atoms with Crippen LogP contribution in [0.3, 0.4) is 0 Å². The Morgan fingerprint density at radius 1 is 1.09 bits per heavy atom. The fourth-order valence-electron chi connectivity index (χ4n) is 4.42. The third-order valence-electron chi connectivity index (χ3n) is 6.02. The number of anilines is 1. The van der Waals surface area contributed by atoms with Gasteiger partial charge in [-0.1, -0.05) is 47.7 Å². The standard InChI is InChI=1S/C25H21N5O2S2/c1-15-10-12-16(13-11-15)26-20(31)14-33-25-28-27-24-29(17-6-3-2-4-7-17)22(32)21-18-8-5-9-19(18)34-23(21)30(24)25/h2-4,6-7,10-13H,5,8-9,14H2,1H3,(H,26,31). The Bertz CT molecular complexity index is 1600. The zero-order valence-corrected chi connectivity index (χ0v) is 20.1. The van der Waals surface area contributed by atoms with E-state index in [0.717, 1.165) is 52.0 Å².